The second-order valence-electron chi connectivity index (χ2n) is 4.31. The molecule has 0 aliphatic heterocycles. The number of nitrogens with zero attached hydrogens (tertiary/aromatic N) is 1. The summed E-state index contributed by atoms with van der Waals surface area (Å²) in [7, 11) is -3.41. The molecule has 0 atom stereocenters. The van der Waals surface area contributed by atoms with Gasteiger partial charge in [0.2, 0.25) is 10.0 Å². The van der Waals surface area contributed by atoms with Crippen LogP contribution in [0.15, 0.2) is 24.3 Å². The summed E-state index contributed by atoms with van der Waals surface area (Å²) in [6, 6.07) is 5.47. The van der Waals surface area contributed by atoms with Gasteiger partial charge in [0, 0.05) is 18.2 Å². The van der Waals surface area contributed by atoms with E-state index in [0.717, 1.165) is 12.8 Å². The molecule has 0 amide bonds. The van der Waals surface area contributed by atoms with E-state index >= 15 is 0 Å². The van der Waals surface area contributed by atoms with Gasteiger partial charge in [0.1, 0.15) is 0 Å². The van der Waals surface area contributed by atoms with Crippen LogP contribution >= 0.6 is 0 Å². The summed E-state index contributed by atoms with van der Waals surface area (Å²) in [5, 5.41) is 10.5. The molecule has 0 aliphatic carbocycles. The molecule has 6 nitrogen and oxygen atoms in total. The van der Waals surface area contributed by atoms with E-state index in [1.807, 2.05) is 13.8 Å². The molecule has 19 heavy (non-hydrogen) atoms. The highest BCUT2D eigenvalue weighted by Gasteiger charge is 2.16. The van der Waals surface area contributed by atoms with E-state index in [1.165, 1.54) is 24.3 Å². The Morgan fingerprint density at radius 3 is 2.16 bits per heavy atom. The first-order chi connectivity index (χ1) is 8.88. The minimum atomic E-state index is -3.41. The summed E-state index contributed by atoms with van der Waals surface area (Å²) in [6.07, 6.45) is 1.46. The molecule has 106 valence electrons. The van der Waals surface area contributed by atoms with Crippen LogP contribution in [0.5, 0.6) is 0 Å². The molecule has 0 heterocycles. The van der Waals surface area contributed by atoms with Gasteiger partial charge in [0.25, 0.3) is 5.69 Å². The number of non-ortho nitro benzene ring substituents is 1. The number of nitrogens with one attached hydrogen (secondary N) is 1. The summed E-state index contributed by atoms with van der Waals surface area (Å²) in [5.74, 6) is -0.165. The molecule has 1 aromatic carbocycles. The predicted octanol–water partition coefficient (Wildman–Crippen LogP) is 2.20. The van der Waals surface area contributed by atoms with Crippen molar-refractivity contribution in [2.24, 2.45) is 0 Å². The summed E-state index contributed by atoms with van der Waals surface area (Å²) >= 11 is 0. The Kier molecular flexibility index (Phi) is 5.44. The Balaban J connectivity index is 2.75. The molecule has 0 spiro atoms. The highest BCUT2D eigenvalue weighted by atomic mass is 32.2. The van der Waals surface area contributed by atoms with Crippen LogP contribution in [0.25, 0.3) is 0 Å². The molecule has 0 aliphatic rings. The predicted molar refractivity (Wildman–Crippen MR) is 73.2 cm³/mol. The zero-order chi connectivity index (χ0) is 14.5. The Morgan fingerprint density at radius 1 is 1.21 bits per heavy atom. The van der Waals surface area contributed by atoms with Crippen molar-refractivity contribution < 1.29 is 13.3 Å². The van der Waals surface area contributed by atoms with Gasteiger partial charge in [-0.05, 0) is 18.4 Å². The first kappa shape index (κ1) is 15.6. The quantitative estimate of drug-likeness (QED) is 0.614. The van der Waals surface area contributed by atoms with E-state index in [4.69, 9.17) is 0 Å². The maximum Gasteiger partial charge on any atom is 0.269 e. The number of rotatable bonds is 7. The average Bonchev–Trinajstić information content (AvgIpc) is 2.36. The van der Waals surface area contributed by atoms with Crippen molar-refractivity contribution >= 4 is 15.7 Å². The standard InChI is InChI=1S/C12H18N2O4S/c1-3-11(4-2)13-19(17,18)9-10-5-7-12(8-6-10)14(15)16/h5-8,11,13H,3-4,9H2,1-2H3. The van der Waals surface area contributed by atoms with Crippen molar-refractivity contribution in [2.45, 2.75) is 38.5 Å². The molecule has 7 heteroatoms. The van der Waals surface area contributed by atoms with E-state index in [2.05, 4.69) is 4.72 Å². The van der Waals surface area contributed by atoms with Crippen molar-refractivity contribution in [3.05, 3.63) is 39.9 Å². The minimum Gasteiger partial charge on any atom is -0.258 e. The van der Waals surface area contributed by atoms with E-state index in [9.17, 15) is 18.5 Å². The fourth-order valence-electron chi connectivity index (χ4n) is 1.68. The Morgan fingerprint density at radius 2 is 1.74 bits per heavy atom. The summed E-state index contributed by atoms with van der Waals surface area (Å²) in [4.78, 5) is 9.98. The number of hydrogen-bond acceptors (Lipinski definition) is 4. The average molecular weight is 286 g/mol. The lowest BCUT2D eigenvalue weighted by atomic mass is 10.2. The van der Waals surface area contributed by atoms with Gasteiger partial charge in [0.15, 0.2) is 0 Å². The fourth-order valence-corrected chi connectivity index (χ4v) is 3.24. The summed E-state index contributed by atoms with van der Waals surface area (Å²) in [6.45, 7) is 3.84. The normalized spacial score (nSPS) is 11.7. The first-order valence-electron chi connectivity index (χ1n) is 6.11. The van der Waals surface area contributed by atoms with E-state index in [1.54, 1.807) is 0 Å². The molecular weight excluding hydrogens is 268 g/mol. The van der Waals surface area contributed by atoms with Gasteiger partial charge < -0.3 is 0 Å². The first-order valence-corrected chi connectivity index (χ1v) is 7.76. The van der Waals surface area contributed by atoms with Crippen molar-refractivity contribution in [3.8, 4) is 0 Å². The second kappa shape index (κ2) is 6.63. The molecule has 1 rings (SSSR count). The molecule has 0 unspecified atom stereocenters. The molecule has 0 bridgehead atoms. The largest absolute Gasteiger partial charge is 0.269 e. The Labute approximate surface area is 113 Å². The van der Waals surface area contributed by atoms with Crippen molar-refractivity contribution in [2.75, 3.05) is 0 Å². The number of nitro benzene ring substituents is 1. The fraction of sp³-hybridized carbons (Fsp3) is 0.500. The molecule has 0 fully saturated rings. The van der Waals surface area contributed by atoms with Crippen LogP contribution in [0, 0.1) is 10.1 Å². The van der Waals surface area contributed by atoms with Crippen LogP contribution < -0.4 is 4.72 Å². The van der Waals surface area contributed by atoms with E-state index < -0.39 is 14.9 Å². The molecule has 1 aromatic rings. The van der Waals surface area contributed by atoms with Crippen LogP contribution in [-0.2, 0) is 15.8 Å². The minimum absolute atomic E-state index is 0.0471. The smallest absolute Gasteiger partial charge is 0.258 e. The molecule has 0 saturated heterocycles. The Hall–Kier alpha value is -1.47. The molecule has 1 N–H and O–H groups in total. The second-order valence-corrected chi connectivity index (χ2v) is 6.07. The topological polar surface area (TPSA) is 89.3 Å². The third-order valence-corrected chi connectivity index (χ3v) is 4.24. The van der Waals surface area contributed by atoms with Crippen LogP contribution in [-0.4, -0.2) is 19.4 Å². The maximum atomic E-state index is 11.9. The number of hydrogen-bond donors (Lipinski definition) is 1. The van der Waals surface area contributed by atoms with E-state index in [-0.39, 0.29) is 17.5 Å². The van der Waals surface area contributed by atoms with Crippen LogP contribution in [0.4, 0.5) is 5.69 Å². The lowest BCUT2D eigenvalue weighted by Gasteiger charge is -2.14. The van der Waals surface area contributed by atoms with E-state index in [0.29, 0.717) is 5.56 Å². The van der Waals surface area contributed by atoms with Gasteiger partial charge >= 0.3 is 0 Å². The lowest BCUT2D eigenvalue weighted by molar-refractivity contribution is -0.384. The number of sulfonamides is 1. The number of benzene rings is 1. The molecule has 0 aromatic heterocycles. The maximum absolute atomic E-state index is 11.9. The zero-order valence-electron chi connectivity index (χ0n) is 11.0. The monoisotopic (exact) mass is 286 g/mol. The van der Waals surface area contributed by atoms with Gasteiger partial charge in [-0.1, -0.05) is 26.0 Å². The highest BCUT2D eigenvalue weighted by molar-refractivity contribution is 7.88. The van der Waals surface area contributed by atoms with Crippen LogP contribution in [0.3, 0.4) is 0 Å². The van der Waals surface area contributed by atoms with Crippen molar-refractivity contribution in [1.82, 2.24) is 4.72 Å². The van der Waals surface area contributed by atoms with Gasteiger partial charge in [-0.25, -0.2) is 13.1 Å². The van der Waals surface area contributed by atoms with Crippen LogP contribution in [0.2, 0.25) is 0 Å². The molecule has 0 radical (unpaired) electrons. The van der Waals surface area contributed by atoms with Crippen molar-refractivity contribution in [3.63, 3.8) is 0 Å². The highest BCUT2D eigenvalue weighted by Crippen LogP contribution is 2.14. The Bertz CT molecular complexity index is 521. The molecule has 0 saturated carbocycles. The third kappa shape index (κ3) is 4.96. The summed E-state index contributed by atoms with van der Waals surface area (Å²) in [5.41, 5.74) is 0.484. The summed E-state index contributed by atoms with van der Waals surface area (Å²) < 4.78 is 26.4. The lowest BCUT2D eigenvalue weighted by Crippen LogP contribution is -2.34. The van der Waals surface area contributed by atoms with Crippen LogP contribution in [0.1, 0.15) is 32.3 Å². The van der Waals surface area contributed by atoms with Crippen molar-refractivity contribution in [1.29, 1.82) is 0 Å². The van der Waals surface area contributed by atoms with Gasteiger partial charge in [-0.15, -0.1) is 0 Å². The van der Waals surface area contributed by atoms with Gasteiger partial charge in [0.05, 0.1) is 10.7 Å². The van der Waals surface area contributed by atoms with Gasteiger partial charge in [-0.2, -0.15) is 0 Å². The SMILES string of the molecule is CCC(CC)NS(=O)(=O)Cc1ccc([N+](=O)[O-])cc1. The zero-order valence-corrected chi connectivity index (χ0v) is 11.8. The number of nitro groups is 1. The molecular formula is C12H18N2O4S. The third-order valence-electron chi connectivity index (χ3n) is 2.84. The van der Waals surface area contributed by atoms with Gasteiger partial charge in [-0.3, -0.25) is 10.1 Å².